The van der Waals surface area contributed by atoms with Crippen LogP contribution in [0.1, 0.15) is 35.7 Å². The average molecular weight is 267 g/mol. The van der Waals surface area contributed by atoms with Gasteiger partial charge in [0.25, 0.3) is 0 Å². The van der Waals surface area contributed by atoms with E-state index in [1.807, 2.05) is 27.0 Å². The molecule has 0 spiro atoms. The molecule has 1 unspecified atom stereocenters. The van der Waals surface area contributed by atoms with E-state index >= 15 is 0 Å². The van der Waals surface area contributed by atoms with Crippen LogP contribution in [0.15, 0.2) is 10.6 Å². The van der Waals surface area contributed by atoms with Crippen LogP contribution >= 0.6 is 11.3 Å². The number of nitrogens with one attached hydrogen (secondary N) is 2. The molecule has 0 saturated heterocycles. The zero-order chi connectivity index (χ0) is 13.0. The first-order chi connectivity index (χ1) is 8.69. The molecule has 6 nitrogen and oxygen atoms in total. The van der Waals surface area contributed by atoms with Crippen LogP contribution in [0.4, 0.5) is 6.01 Å². The van der Waals surface area contributed by atoms with Gasteiger partial charge >= 0.3 is 6.01 Å². The van der Waals surface area contributed by atoms with Crippen LogP contribution < -0.4 is 10.6 Å². The molecule has 0 fully saturated rings. The SMILES string of the molecule is CCNC(C)c1nnc(NCc2cnc(C)s2)o1. The Bertz CT molecular complexity index is 495. The molecular weight excluding hydrogens is 250 g/mol. The largest absolute Gasteiger partial charge is 0.406 e. The normalized spacial score (nSPS) is 12.6. The van der Waals surface area contributed by atoms with Gasteiger partial charge in [0, 0.05) is 11.1 Å². The van der Waals surface area contributed by atoms with E-state index in [1.165, 1.54) is 0 Å². The van der Waals surface area contributed by atoms with E-state index in [0.29, 0.717) is 18.5 Å². The Morgan fingerprint density at radius 1 is 1.44 bits per heavy atom. The molecule has 7 heteroatoms. The standard InChI is InChI=1S/C11H17N5OS/c1-4-12-7(2)10-15-16-11(17-10)14-6-9-5-13-8(3)18-9/h5,7,12H,4,6H2,1-3H3,(H,14,16). The minimum atomic E-state index is 0.0729. The second kappa shape index (κ2) is 5.92. The fourth-order valence-electron chi connectivity index (χ4n) is 1.52. The Labute approximate surface area is 110 Å². The van der Waals surface area contributed by atoms with E-state index in [2.05, 4.69) is 25.8 Å². The van der Waals surface area contributed by atoms with Crippen LogP contribution in [0.2, 0.25) is 0 Å². The summed E-state index contributed by atoms with van der Waals surface area (Å²) in [5, 5.41) is 15.3. The molecule has 0 aliphatic carbocycles. The number of aromatic nitrogens is 3. The highest BCUT2D eigenvalue weighted by Gasteiger charge is 2.12. The van der Waals surface area contributed by atoms with E-state index < -0.39 is 0 Å². The van der Waals surface area contributed by atoms with E-state index in [4.69, 9.17) is 4.42 Å². The third kappa shape index (κ3) is 3.27. The summed E-state index contributed by atoms with van der Waals surface area (Å²) in [7, 11) is 0. The smallest absolute Gasteiger partial charge is 0.315 e. The van der Waals surface area contributed by atoms with Crippen molar-refractivity contribution in [3.8, 4) is 0 Å². The maximum Gasteiger partial charge on any atom is 0.315 e. The molecular formula is C11H17N5OS. The van der Waals surface area contributed by atoms with Gasteiger partial charge in [-0.1, -0.05) is 12.0 Å². The number of hydrogen-bond acceptors (Lipinski definition) is 7. The second-order valence-electron chi connectivity index (χ2n) is 3.92. The number of aryl methyl sites for hydroxylation is 1. The molecule has 0 radical (unpaired) electrons. The molecule has 0 aliphatic rings. The topological polar surface area (TPSA) is 75.9 Å². The lowest BCUT2D eigenvalue weighted by Gasteiger charge is -2.05. The van der Waals surface area contributed by atoms with Gasteiger partial charge in [-0.2, -0.15) is 0 Å². The quantitative estimate of drug-likeness (QED) is 0.835. The van der Waals surface area contributed by atoms with Crippen LogP contribution in [0, 0.1) is 6.92 Å². The van der Waals surface area contributed by atoms with Crippen molar-refractivity contribution in [1.82, 2.24) is 20.5 Å². The number of anilines is 1. The van der Waals surface area contributed by atoms with Crippen LogP contribution in [0.3, 0.4) is 0 Å². The molecule has 0 aromatic carbocycles. The van der Waals surface area contributed by atoms with Crippen LogP contribution in [-0.4, -0.2) is 21.7 Å². The Kier molecular flexibility index (Phi) is 4.27. The maximum absolute atomic E-state index is 5.51. The molecule has 1 atom stereocenters. The predicted molar refractivity (Wildman–Crippen MR) is 70.6 cm³/mol. The highest BCUT2D eigenvalue weighted by atomic mass is 32.1. The average Bonchev–Trinajstić information content (AvgIpc) is 2.95. The van der Waals surface area contributed by atoms with E-state index in [9.17, 15) is 0 Å². The third-order valence-electron chi connectivity index (χ3n) is 2.40. The summed E-state index contributed by atoms with van der Waals surface area (Å²) in [6.45, 7) is 7.54. The van der Waals surface area contributed by atoms with Gasteiger partial charge in [-0.3, -0.25) is 0 Å². The summed E-state index contributed by atoms with van der Waals surface area (Å²) in [5.41, 5.74) is 0. The van der Waals surface area contributed by atoms with Gasteiger partial charge in [-0.25, -0.2) is 4.98 Å². The molecule has 18 heavy (non-hydrogen) atoms. The monoisotopic (exact) mass is 267 g/mol. The first kappa shape index (κ1) is 13.0. The van der Waals surface area contributed by atoms with Crippen molar-refractivity contribution in [2.24, 2.45) is 0 Å². The van der Waals surface area contributed by atoms with Crippen molar-refractivity contribution in [2.45, 2.75) is 33.4 Å². The summed E-state index contributed by atoms with van der Waals surface area (Å²) in [6, 6.07) is 0.518. The van der Waals surface area contributed by atoms with Crippen LogP contribution in [0.5, 0.6) is 0 Å². The van der Waals surface area contributed by atoms with Gasteiger partial charge in [0.1, 0.15) is 0 Å². The van der Waals surface area contributed by atoms with Gasteiger partial charge in [0.05, 0.1) is 17.6 Å². The van der Waals surface area contributed by atoms with Gasteiger partial charge in [0.15, 0.2) is 0 Å². The molecule has 0 amide bonds. The fourth-order valence-corrected chi connectivity index (χ4v) is 2.26. The summed E-state index contributed by atoms with van der Waals surface area (Å²) < 4.78 is 5.51. The molecule has 98 valence electrons. The van der Waals surface area contributed by atoms with E-state index in [1.54, 1.807) is 11.3 Å². The molecule has 2 N–H and O–H groups in total. The number of rotatable bonds is 6. The minimum Gasteiger partial charge on any atom is -0.406 e. The molecule has 2 aromatic heterocycles. The number of hydrogen-bond donors (Lipinski definition) is 2. The van der Waals surface area contributed by atoms with Crippen molar-refractivity contribution in [3.05, 3.63) is 22.0 Å². The highest BCUT2D eigenvalue weighted by molar-refractivity contribution is 7.11. The van der Waals surface area contributed by atoms with E-state index in [-0.39, 0.29) is 6.04 Å². The van der Waals surface area contributed by atoms with Crippen molar-refractivity contribution in [3.63, 3.8) is 0 Å². The molecule has 2 rings (SSSR count). The lowest BCUT2D eigenvalue weighted by Crippen LogP contribution is -2.17. The van der Waals surface area contributed by atoms with Crippen LogP contribution in [0.25, 0.3) is 0 Å². The lowest BCUT2D eigenvalue weighted by atomic mass is 10.3. The predicted octanol–water partition coefficient (Wildman–Crippen LogP) is 2.12. The Balaban J connectivity index is 1.90. The van der Waals surface area contributed by atoms with Gasteiger partial charge in [0.2, 0.25) is 5.89 Å². The summed E-state index contributed by atoms with van der Waals surface area (Å²) >= 11 is 1.65. The van der Waals surface area contributed by atoms with E-state index in [0.717, 1.165) is 16.4 Å². The molecule has 2 aromatic rings. The first-order valence-electron chi connectivity index (χ1n) is 5.91. The lowest BCUT2D eigenvalue weighted by molar-refractivity contribution is 0.429. The van der Waals surface area contributed by atoms with Crippen LogP contribution in [-0.2, 0) is 6.54 Å². The molecule has 0 bridgehead atoms. The second-order valence-corrected chi connectivity index (χ2v) is 5.24. The summed E-state index contributed by atoms with van der Waals surface area (Å²) in [4.78, 5) is 5.33. The fraction of sp³-hybridized carbons (Fsp3) is 0.545. The maximum atomic E-state index is 5.51. The summed E-state index contributed by atoms with van der Waals surface area (Å²) in [5.74, 6) is 0.597. The summed E-state index contributed by atoms with van der Waals surface area (Å²) in [6.07, 6.45) is 1.85. The Morgan fingerprint density at radius 2 is 2.28 bits per heavy atom. The van der Waals surface area contributed by atoms with Crippen molar-refractivity contribution < 1.29 is 4.42 Å². The van der Waals surface area contributed by atoms with Crippen molar-refractivity contribution in [1.29, 1.82) is 0 Å². The minimum absolute atomic E-state index is 0.0729. The molecule has 0 aliphatic heterocycles. The highest BCUT2D eigenvalue weighted by Crippen LogP contribution is 2.16. The number of nitrogens with zero attached hydrogens (tertiary/aromatic N) is 3. The van der Waals surface area contributed by atoms with Crippen molar-refractivity contribution in [2.75, 3.05) is 11.9 Å². The van der Waals surface area contributed by atoms with Crippen molar-refractivity contribution >= 4 is 17.4 Å². The number of thiazole rings is 1. The zero-order valence-electron chi connectivity index (χ0n) is 10.7. The molecule has 2 heterocycles. The Morgan fingerprint density at radius 3 is 2.94 bits per heavy atom. The Hall–Kier alpha value is -1.47. The van der Waals surface area contributed by atoms with Gasteiger partial charge in [-0.15, -0.1) is 16.4 Å². The zero-order valence-corrected chi connectivity index (χ0v) is 11.5. The first-order valence-corrected chi connectivity index (χ1v) is 6.72. The van der Waals surface area contributed by atoms with Gasteiger partial charge in [-0.05, 0) is 20.4 Å². The third-order valence-corrected chi connectivity index (χ3v) is 3.32. The van der Waals surface area contributed by atoms with Gasteiger partial charge < -0.3 is 15.1 Å². The molecule has 0 saturated carbocycles.